The summed E-state index contributed by atoms with van der Waals surface area (Å²) in [6.07, 6.45) is 9.26. The van der Waals surface area contributed by atoms with E-state index < -0.39 is 0 Å². The number of aryl methyl sites for hydroxylation is 2. The van der Waals surface area contributed by atoms with Crippen LogP contribution in [0.25, 0.3) is 0 Å². The van der Waals surface area contributed by atoms with Crippen LogP contribution in [-0.4, -0.2) is 5.78 Å². The van der Waals surface area contributed by atoms with Crippen LogP contribution >= 0.6 is 0 Å². The summed E-state index contributed by atoms with van der Waals surface area (Å²) < 4.78 is 0. The molecule has 0 spiro atoms. The van der Waals surface area contributed by atoms with Crippen molar-refractivity contribution >= 4 is 5.78 Å². The summed E-state index contributed by atoms with van der Waals surface area (Å²) in [6.45, 7) is 4.27. The maximum absolute atomic E-state index is 13.2. The minimum absolute atomic E-state index is 0.418. The molecule has 2 aromatic carbocycles. The van der Waals surface area contributed by atoms with Gasteiger partial charge in [-0.25, -0.2) is 0 Å². The van der Waals surface area contributed by atoms with Gasteiger partial charge in [0.2, 0.25) is 0 Å². The summed E-state index contributed by atoms with van der Waals surface area (Å²) >= 11 is 0. The van der Waals surface area contributed by atoms with Gasteiger partial charge >= 0.3 is 0 Å². The molecule has 0 aromatic heterocycles. The third kappa shape index (κ3) is 4.40. The molecular weight excluding hydrogens is 340 g/mol. The summed E-state index contributed by atoms with van der Waals surface area (Å²) in [5.41, 5.74) is 5.34. The van der Waals surface area contributed by atoms with Crippen molar-refractivity contribution in [2.45, 2.75) is 77.0 Å². The number of hydrogen-bond acceptors (Lipinski definition) is 1. The van der Waals surface area contributed by atoms with Gasteiger partial charge in [-0.2, -0.15) is 0 Å². The average molecular weight is 375 g/mol. The van der Waals surface area contributed by atoms with Crippen LogP contribution in [0.15, 0.2) is 48.5 Å². The lowest BCUT2D eigenvalue weighted by Crippen LogP contribution is -2.26. The summed E-state index contributed by atoms with van der Waals surface area (Å²) in [4.78, 5) is 13.2. The van der Waals surface area contributed by atoms with E-state index in [9.17, 15) is 4.79 Å². The van der Waals surface area contributed by atoms with Crippen LogP contribution < -0.4 is 0 Å². The van der Waals surface area contributed by atoms with E-state index in [-0.39, 0.29) is 0 Å². The van der Waals surface area contributed by atoms with Crippen LogP contribution in [0, 0.1) is 25.7 Å². The molecule has 2 aliphatic rings. The molecule has 28 heavy (non-hydrogen) atoms. The first-order valence-corrected chi connectivity index (χ1v) is 11.2. The Kier molecular flexibility index (Phi) is 5.99. The van der Waals surface area contributed by atoms with Crippen molar-refractivity contribution in [3.63, 3.8) is 0 Å². The van der Waals surface area contributed by atoms with Gasteiger partial charge in [0.1, 0.15) is 5.78 Å². The molecule has 0 aliphatic heterocycles. The molecule has 2 aromatic rings. The van der Waals surface area contributed by atoms with Crippen LogP contribution in [-0.2, 0) is 4.79 Å². The first-order valence-electron chi connectivity index (χ1n) is 11.2. The van der Waals surface area contributed by atoms with Crippen molar-refractivity contribution in [2.75, 3.05) is 0 Å². The van der Waals surface area contributed by atoms with Gasteiger partial charge in [-0.3, -0.25) is 4.79 Å². The molecule has 1 heteroatoms. The minimum atomic E-state index is 0.418. The fourth-order valence-electron chi connectivity index (χ4n) is 5.00. The zero-order valence-electron chi connectivity index (χ0n) is 17.5. The summed E-state index contributed by atoms with van der Waals surface area (Å²) in [5.74, 6) is 2.71. The zero-order valence-corrected chi connectivity index (χ0v) is 17.5. The van der Waals surface area contributed by atoms with Gasteiger partial charge in [-0.1, -0.05) is 72.5 Å². The highest BCUT2D eigenvalue weighted by Crippen LogP contribution is 2.44. The van der Waals surface area contributed by atoms with E-state index >= 15 is 0 Å². The topological polar surface area (TPSA) is 17.1 Å². The number of ketones is 1. The predicted octanol–water partition coefficient (Wildman–Crippen LogP) is 7.12. The molecule has 1 nitrogen and oxygen atoms in total. The number of rotatable bonds is 8. The average Bonchev–Trinajstić information content (AvgIpc) is 2.59. The monoisotopic (exact) mass is 374 g/mol. The molecule has 0 unspecified atom stereocenters. The smallest absolute Gasteiger partial charge is 0.134 e. The summed E-state index contributed by atoms with van der Waals surface area (Å²) in [6, 6.07) is 17.8. The quantitative estimate of drug-likeness (QED) is 0.481. The van der Waals surface area contributed by atoms with Crippen molar-refractivity contribution < 1.29 is 4.79 Å². The SMILES string of the molecule is Cc1ccc([C@@H](CC(=O)C[C@H](c2ccc(C)cc2)C2CCC2)C2CCC2)cc1. The number of carbonyl (C=O) groups excluding carboxylic acids is 1. The van der Waals surface area contributed by atoms with Gasteiger partial charge in [-0.05, 0) is 74.3 Å². The van der Waals surface area contributed by atoms with Crippen molar-refractivity contribution in [3.8, 4) is 0 Å². The molecule has 0 saturated heterocycles. The lowest BCUT2D eigenvalue weighted by atomic mass is 9.68. The first kappa shape index (κ1) is 19.4. The molecule has 4 rings (SSSR count). The van der Waals surface area contributed by atoms with Crippen molar-refractivity contribution in [1.29, 1.82) is 0 Å². The highest BCUT2D eigenvalue weighted by Gasteiger charge is 2.33. The fourth-order valence-corrected chi connectivity index (χ4v) is 5.00. The predicted molar refractivity (Wildman–Crippen MR) is 117 cm³/mol. The Labute approximate surface area is 170 Å². The van der Waals surface area contributed by atoms with Gasteiger partial charge in [-0.15, -0.1) is 0 Å². The second-order valence-electron chi connectivity index (χ2n) is 9.36. The molecule has 0 amide bonds. The van der Waals surface area contributed by atoms with Gasteiger partial charge in [0.05, 0.1) is 0 Å². The summed E-state index contributed by atoms with van der Waals surface area (Å²) in [7, 11) is 0. The standard InChI is InChI=1S/C27H34O/c1-19-9-13-23(14-10-19)26(21-5-3-6-21)17-25(28)18-27(22-7-4-8-22)24-15-11-20(2)12-16-24/h9-16,21-22,26-27H,3-8,17-18H2,1-2H3/t26-,27-/m0/s1. The molecule has 0 N–H and O–H groups in total. The third-order valence-electron chi connectivity index (χ3n) is 7.34. The van der Waals surface area contributed by atoms with E-state index in [1.165, 1.54) is 60.8 Å². The van der Waals surface area contributed by atoms with E-state index in [1.54, 1.807) is 0 Å². The Hall–Kier alpha value is -1.89. The highest BCUT2D eigenvalue weighted by molar-refractivity contribution is 5.80. The molecule has 2 atom stereocenters. The van der Waals surface area contributed by atoms with E-state index in [2.05, 4.69) is 62.4 Å². The lowest BCUT2D eigenvalue weighted by molar-refractivity contribution is -0.120. The second-order valence-corrected chi connectivity index (χ2v) is 9.36. The molecule has 0 heterocycles. The van der Waals surface area contributed by atoms with Gasteiger partial charge in [0, 0.05) is 12.8 Å². The van der Waals surface area contributed by atoms with Crippen molar-refractivity contribution in [2.24, 2.45) is 11.8 Å². The molecule has 0 radical (unpaired) electrons. The Bertz CT molecular complexity index is 711. The van der Waals surface area contributed by atoms with E-state index in [0.717, 1.165) is 12.8 Å². The molecule has 2 aliphatic carbocycles. The van der Waals surface area contributed by atoms with Gasteiger partial charge in [0.15, 0.2) is 0 Å². The Balaban J connectivity index is 1.48. The van der Waals surface area contributed by atoms with Crippen LogP contribution in [0.3, 0.4) is 0 Å². The van der Waals surface area contributed by atoms with Crippen molar-refractivity contribution in [3.05, 3.63) is 70.8 Å². The lowest BCUT2D eigenvalue weighted by Gasteiger charge is -2.36. The van der Waals surface area contributed by atoms with Gasteiger partial charge < -0.3 is 0 Å². The van der Waals surface area contributed by atoms with Crippen molar-refractivity contribution in [1.82, 2.24) is 0 Å². The molecular formula is C27H34O. The zero-order chi connectivity index (χ0) is 19.5. The minimum Gasteiger partial charge on any atom is -0.300 e. The number of carbonyl (C=O) groups is 1. The maximum atomic E-state index is 13.2. The van der Waals surface area contributed by atoms with Crippen LogP contribution in [0.1, 0.15) is 85.5 Å². The maximum Gasteiger partial charge on any atom is 0.134 e. The largest absolute Gasteiger partial charge is 0.300 e. The number of hydrogen-bond donors (Lipinski definition) is 0. The Morgan fingerprint density at radius 2 is 1.07 bits per heavy atom. The Morgan fingerprint density at radius 1 is 0.714 bits per heavy atom. The fraction of sp³-hybridized carbons (Fsp3) is 0.519. The normalized spacial score (nSPS) is 19.5. The molecule has 2 fully saturated rings. The molecule has 148 valence electrons. The Morgan fingerprint density at radius 3 is 1.36 bits per heavy atom. The van der Waals surface area contributed by atoms with Crippen LogP contribution in [0.5, 0.6) is 0 Å². The van der Waals surface area contributed by atoms with E-state index in [1.807, 2.05) is 0 Å². The van der Waals surface area contributed by atoms with E-state index in [4.69, 9.17) is 0 Å². The summed E-state index contributed by atoms with van der Waals surface area (Å²) in [5, 5.41) is 0. The number of benzene rings is 2. The first-order chi connectivity index (χ1) is 13.6. The second kappa shape index (κ2) is 8.64. The highest BCUT2D eigenvalue weighted by atomic mass is 16.1. The van der Waals surface area contributed by atoms with E-state index in [0.29, 0.717) is 29.5 Å². The van der Waals surface area contributed by atoms with Crippen LogP contribution in [0.4, 0.5) is 0 Å². The van der Waals surface area contributed by atoms with Gasteiger partial charge in [0.25, 0.3) is 0 Å². The third-order valence-corrected chi connectivity index (χ3v) is 7.34. The molecule has 0 bridgehead atoms. The number of Topliss-reactive ketones (excluding diaryl/α,β-unsaturated/α-hetero) is 1. The molecule has 2 saturated carbocycles. The van der Waals surface area contributed by atoms with Crippen LogP contribution in [0.2, 0.25) is 0 Å².